The molecule has 2 aliphatic heterocycles. The highest BCUT2D eigenvalue weighted by Gasteiger charge is 2.67. The number of nitrogens with one attached hydrogen (secondary N) is 1. The number of ether oxygens (including phenoxy) is 1. The summed E-state index contributed by atoms with van der Waals surface area (Å²) in [5.41, 5.74) is -0.611. The lowest BCUT2D eigenvalue weighted by Crippen LogP contribution is -2.59. The van der Waals surface area contributed by atoms with Crippen molar-refractivity contribution in [3.05, 3.63) is 29.6 Å². The van der Waals surface area contributed by atoms with E-state index in [1.54, 1.807) is 0 Å². The molecule has 6 nitrogen and oxygen atoms in total. The molecule has 6 heteroatoms. The highest BCUT2D eigenvalue weighted by molar-refractivity contribution is 6.08. The Labute approximate surface area is 148 Å². The van der Waals surface area contributed by atoms with Crippen LogP contribution < -0.4 is 5.32 Å². The van der Waals surface area contributed by atoms with Crippen LogP contribution in [0.25, 0.3) is 0 Å². The molecule has 136 valence electrons. The number of urea groups is 1. The number of amides is 3. The van der Waals surface area contributed by atoms with Gasteiger partial charge in [-0.3, -0.25) is 14.7 Å². The zero-order valence-corrected chi connectivity index (χ0v) is 15.8. The Kier molecular flexibility index (Phi) is 3.95. The maximum absolute atomic E-state index is 13.2. The van der Waals surface area contributed by atoms with Gasteiger partial charge in [-0.05, 0) is 45.7 Å². The van der Waals surface area contributed by atoms with Crippen molar-refractivity contribution in [1.82, 2.24) is 15.2 Å². The molecule has 1 unspecified atom stereocenters. The van der Waals surface area contributed by atoms with E-state index in [-0.39, 0.29) is 24.4 Å². The quantitative estimate of drug-likeness (QED) is 0.855. The fourth-order valence-corrected chi connectivity index (χ4v) is 4.03. The maximum Gasteiger partial charge on any atom is 0.325 e. The lowest BCUT2D eigenvalue weighted by molar-refractivity contribution is -0.138. The van der Waals surface area contributed by atoms with Crippen LogP contribution in [-0.2, 0) is 16.1 Å². The van der Waals surface area contributed by atoms with E-state index in [1.165, 1.54) is 4.90 Å². The molecule has 1 atom stereocenters. The predicted molar refractivity (Wildman–Crippen MR) is 94.0 cm³/mol. The number of aromatic nitrogens is 1. The van der Waals surface area contributed by atoms with Crippen molar-refractivity contribution >= 4 is 11.9 Å². The maximum atomic E-state index is 13.2. The van der Waals surface area contributed by atoms with Crippen molar-refractivity contribution in [3.8, 4) is 0 Å². The Bertz CT molecular complexity index is 726. The van der Waals surface area contributed by atoms with Gasteiger partial charge < -0.3 is 10.1 Å². The van der Waals surface area contributed by atoms with Crippen LogP contribution in [0.5, 0.6) is 0 Å². The summed E-state index contributed by atoms with van der Waals surface area (Å²) in [6.07, 6.45) is 0.452. The van der Waals surface area contributed by atoms with Gasteiger partial charge in [0.05, 0.1) is 23.4 Å². The topological polar surface area (TPSA) is 71.5 Å². The van der Waals surface area contributed by atoms with Crippen LogP contribution in [0.3, 0.4) is 0 Å². The van der Waals surface area contributed by atoms with E-state index in [0.717, 1.165) is 5.69 Å². The average molecular weight is 345 g/mol. The van der Waals surface area contributed by atoms with Crippen molar-refractivity contribution < 1.29 is 14.3 Å². The van der Waals surface area contributed by atoms with Gasteiger partial charge in [-0.1, -0.05) is 19.9 Å². The van der Waals surface area contributed by atoms with Gasteiger partial charge in [0.2, 0.25) is 0 Å². The number of hydrogen-bond donors (Lipinski definition) is 1. The number of nitrogens with zero attached hydrogens (tertiary/aromatic N) is 2. The summed E-state index contributed by atoms with van der Waals surface area (Å²) >= 11 is 0. The number of carbonyl (C=O) groups is 2. The Morgan fingerprint density at radius 3 is 2.48 bits per heavy atom. The minimum Gasteiger partial charge on any atom is -0.367 e. The van der Waals surface area contributed by atoms with E-state index in [9.17, 15) is 9.59 Å². The molecule has 0 aromatic carbocycles. The van der Waals surface area contributed by atoms with Crippen molar-refractivity contribution in [1.29, 1.82) is 0 Å². The Morgan fingerprint density at radius 1 is 1.24 bits per heavy atom. The van der Waals surface area contributed by atoms with Gasteiger partial charge in [0.1, 0.15) is 0 Å². The molecule has 1 aromatic heterocycles. The first-order valence-electron chi connectivity index (χ1n) is 8.78. The fraction of sp³-hybridized carbons (Fsp3) is 0.632. The summed E-state index contributed by atoms with van der Waals surface area (Å²) in [7, 11) is 0. The van der Waals surface area contributed by atoms with Gasteiger partial charge >= 0.3 is 6.03 Å². The summed E-state index contributed by atoms with van der Waals surface area (Å²) in [5.74, 6) is 0.0576. The van der Waals surface area contributed by atoms with E-state index < -0.39 is 16.7 Å². The second-order valence-corrected chi connectivity index (χ2v) is 8.48. The predicted octanol–water partition coefficient (Wildman–Crippen LogP) is 2.97. The SMILES string of the molecule is CC(C)c1cccc(CN2C(=O)NC3(CC(C)(C)OC3(C)C)C2=O)n1. The van der Waals surface area contributed by atoms with E-state index >= 15 is 0 Å². The van der Waals surface area contributed by atoms with E-state index in [0.29, 0.717) is 12.1 Å². The average Bonchev–Trinajstić information content (AvgIpc) is 2.82. The monoisotopic (exact) mass is 345 g/mol. The molecule has 3 heterocycles. The van der Waals surface area contributed by atoms with E-state index in [1.807, 2.05) is 45.9 Å². The molecule has 3 rings (SSSR count). The van der Waals surface area contributed by atoms with Crippen LogP contribution in [0.15, 0.2) is 18.2 Å². The van der Waals surface area contributed by atoms with Crippen LogP contribution in [-0.4, -0.2) is 38.6 Å². The lowest BCUT2D eigenvalue weighted by Gasteiger charge is -2.33. The molecule has 0 radical (unpaired) electrons. The molecule has 2 aliphatic rings. The zero-order chi connectivity index (χ0) is 18.6. The molecule has 1 N–H and O–H groups in total. The fourth-order valence-electron chi connectivity index (χ4n) is 4.03. The molecule has 25 heavy (non-hydrogen) atoms. The minimum atomic E-state index is -1.02. The van der Waals surface area contributed by atoms with Crippen LogP contribution >= 0.6 is 0 Å². The largest absolute Gasteiger partial charge is 0.367 e. The van der Waals surface area contributed by atoms with Gasteiger partial charge in [0.15, 0.2) is 5.54 Å². The van der Waals surface area contributed by atoms with Gasteiger partial charge in [-0.2, -0.15) is 0 Å². The number of imide groups is 1. The molecule has 3 amide bonds. The summed E-state index contributed by atoms with van der Waals surface area (Å²) in [6.45, 7) is 11.9. The molecule has 0 bridgehead atoms. The Morgan fingerprint density at radius 2 is 1.92 bits per heavy atom. The molecule has 1 spiro atoms. The molecule has 1 aromatic rings. The number of pyridine rings is 1. The number of carbonyl (C=O) groups excluding carboxylic acids is 2. The summed E-state index contributed by atoms with van der Waals surface area (Å²) < 4.78 is 6.06. The first kappa shape index (κ1) is 17.9. The first-order valence-corrected chi connectivity index (χ1v) is 8.78. The smallest absolute Gasteiger partial charge is 0.325 e. The third kappa shape index (κ3) is 2.82. The zero-order valence-electron chi connectivity index (χ0n) is 15.8. The van der Waals surface area contributed by atoms with Crippen LogP contribution in [0.1, 0.15) is 65.3 Å². The second-order valence-electron chi connectivity index (χ2n) is 8.48. The molecule has 2 fully saturated rings. The normalized spacial score (nSPS) is 27.4. The third-order valence-corrected chi connectivity index (χ3v) is 5.17. The van der Waals surface area contributed by atoms with Gasteiger partial charge in [0, 0.05) is 12.1 Å². The van der Waals surface area contributed by atoms with Crippen molar-refractivity contribution in [2.24, 2.45) is 0 Å². The molecule has 2 saturated heterocycles. The van der Waals surface area contributed by atoms with Crippen molar-refractivity contribution in [2.45, 2.75) is 77.2 Å². The molecule has 0 aliphatic carbocycles. The Balaban J connectivity index is 1.89. The first-order chi connectivity index (χ1) is 11.5. The van der Waals surface area contributed by atoms with E-state index in [2.05, 4.69) is 24.1 Å². The Hall–Kier alpha value is -1.95. The van der Waals surface area contributed by atoms with Crippen molar-refractivity contribution in [3.63, 3.8) is 0 Å². The van der Waals surface area contributed by atoms with Crippen molar-refractivity contribution in [2.75, 3.05) is 0 Å². The van der Waals surface area contributed by atoms with Gasteiger partial charge in [0.25, 0.3) is 5.91 Å². The number of rotatable bonds is 3. The highest BCUT2D eigenvalue weighted by atomic mass is 16.5. The third-order valence-electron chi connectivity index (χ3n) is 5.17. The molecular weight excluding hydrogens is 318 g/mol. The van der Waals surface area contributed by atoms with E-state index in [4.69, 9.17) is 4.74 Å². The second kappa shape index (κ2) is 5.53. The standard InChI is InChI=1S/C19H27N3O3/c1-12(2)14-9-7-8-13(20-14)10-22-15(23)19(21-16(22)24)11-17(3,4)25-18(19,5)6/h7-9,12H,10-11H2,1-6H3,(H,21,24). The minimum absolute atomic E-state index is 0.170. The van der Waals surface area contributed by atoms with Crippen LogP contribution in [0.4, 0.5) is 4.79 Å². The van der Waals surface area contributed by atoms with Crippen LogP contribution in [0.2, 0.25) is 0 Å². The van der Waals surface area contributed by atoms with Gasteiger partial charge in [-0.25, -0.2) is 4.79 Å². The summed E-state index contributed by atoms with van der Waals surface area (Å²) in [5, 5.41) is 2.92. The number of hydrogen-bond acceptors (Lipinski definition) is 4. The highest BCUT2D eigenvalue weighted by Crippen LogP contribution is 2.48. The van der Waals surface area contributed by atoms with Crippen LogP contribution in [0, 0.1) is 0 Å². The molecule has 0 saturated carbocycles. The lowest BCUT2D eigenvalue weighted by atomic mass is 9.79. The molecular formula is C19H27N3O3. The summed E-state index contributed by atoms with van der Waals surface area (Å²) in [4.78, 5) is 31.6. The van der Waals surface area contributed by atoms with Gasteiger partial charge in [-0.15, -0.1) is 0 Å². The summed E-state index contributed by atoms with van der Waals surface area (Å²) in [6, 6.07) is 5.34.